The van der Waals surface area contributed by atoms with Crippen LogP contribution in [-0.2, 0) is 13.0 Å². The minimum absolute atomic E-state index is 0.393. The summed E-state index contributed by atoms with van der Waals surface area (Å²) in [6.45, 7) is 12.7. The molecule has 0 radical (unpaired) electrons. The van der Waals surface area contributed by atoms with Crippen molar-refractivity contribution in [1.29, 1.82) is 0 Å². The van der Waals surface area contributed by atoms with Crippen molar-refractivity contribution >= 4 is 0 Å². The lowest BCUT2D eigenvalue weighted by molar-refractivity contribution is 0.145. The summed E-state index contributed by atoms with van der Waals surface area (Å²) in [5, 5.41) is 3.57. The molecular weight excluding hydrogens is 256 g/mol. The molecule has 1 N–H and O–H groups in total. The van der Waals surface area contributed by atoms with Crippen LogP contribution < -0.4 is 5.32 Å². The maximum absolute atomic E-state index is 3.57. The van der Waals surface area contributed by atoms with Crippen molar-refractivity contribution < 1.29 is 0 Å². The standard InChI is InChI=1S/C19H32N2/c1-4-12-19(3,15-20-5-2)16-21-13-8-11-17-9-6-7-10-18(17)14-21/h6-7,9-10,20H,4-5,8,11-16H2,1-3H3. The van der Waals surface area contributed by atoms with Crippen molar-refractivity contribution in [1.82, 2.24) is 10.2 Å². The van der Waals surface area contributed by atoms with E-state index in [1.54, 1.807) is 5.56 Å². The number of hydrogen-bond acceptors (Lipinski definition) is 2. The summed E-state index contributed by atoms with van der Waals surface area (Å²) in [7, 11) is 0. The van der Waals surface area contributed by atoms with E-state index < -0.39 is 0 Å². The molecule has 0 bridgehead atoms. The molecular formula is C19H32N2. The molecule has 0 spiro atoms. The fraction of sp³-hybridized carbons (Fsp3) is 0.684. The Morgan fingerprint density at radius 1 is 1.19 bits per heavy atom. The highest BCUT2D eigenvalue weighted by Crippen LogP contribution is 2.27. The van der Waals surface area contributed by atoms with E-state index in [1.807, 2.05) is 0 Å². The van der Waals surface area contributed by atoms with Crippen LogP contribution in [0.4, 0.5) is 0 Å². The van der Waals surface area contributed by atoms with Crippen LogP contribution in [0.2, 0.25) is 0 Å². The number of aryl methyl sites for hydroxylation is 1. The Morgan fingerprint density at radius 3 is 2.67 bits per heavy atom. The third-order valence-corrected chi connectivity index (χ3v) is 4.69. The van der Waals surface area contributed by atoms with Gasteiger partial charge in [0, 0.05) is 19.6 Å². The first-order chi connectivity index (χ1) is 10.2. The third kappa shape index (κ3) is 4.82. The van der Waals surface area contributed by atoms with Gasteiger partial charge in [0.25, 0.3) is 0 Å². The zero-order chi connectivity index (χ0) is 15.1. The summed E-state index contributed by atoms with van der Waals surface area (Å²) >= 11 is 0. The van der Waals surface area contributed by atoms with Crippen LogP contribution in [-0.4, -0.2) is 31.1 Å². The summed E-state index contributed by atoms with van der Waals surface area (Å²) in [6, 6.07) is 8.99. The number of hydrogen-bond donors (Lipinski definition) is 1. The highest BCUT2D eigenvalue weighted by molar-refractivity contribution is 5.28. The lowest BCUT2D eigenvalue weighted by atomic mass is 9.84. The van der Waals surface area contributed by atoms with E-state index in [2.05, 4.69) is 55.3 Å². The Morgan fingerprint density at radius 2 is 1.95 bits per heavy atom. The van der Waals surface area contributed by atoms with Crippen molar-refractivity contribution in [3.8, 4) is 0 Å². The lowest BCUT2D eigenvalue weighted by Gasteiger charge is -2.35. The molecule has 1 aromatic carbocycles. The average Bonchev–Trinajstić information content (AvgIpc) is 2.67. The second-order valence-electron chi connectivity index (χ2n) is 6.92. The Hall–Kier alpha value is -0.860. The summed E-state index contributed by atoms with van der Waals surface area (Å²) in [4.78, 5) is 2.68. The molecule has 1 unspecified atom stereocenters. The fourth-order valence-electron chi connectivity index (χ4n) is 3.70. The average molecular weight is 288 g/mol. The Balaban J connectivity index is 2.03. The van der Waals surface area contributed by atoms with Crippen molar-refractivity contribution in [3.05, 3.63) is 35.4 Å². The summed E-state index contributed by atoms with van der Waals surface area (Å²) in [6.07, 6.45) is 5.11. The normalized spacial score (nSPS) is 18.8. The number of benzene rings is 1. The lowest BCUT2D eigenvalue weighted by Crippen LogP contribution is -2.42. The Kier molecular flexibility index (Phi) is 6.25. The molecule has 0 aliphatic carbocycles. The molecule has 118 valence electrons. The van der Waals surface area contributed by atoms with E-state index in [0.29, 0.717) is 5.41 Å². The molecule has 0 fully saturated rings. The quantitative estimate of drug-likeness (QED) is 0.820. The molecule has 21 heavy (non-hydrogen) atoms. The summed E-state index contributed by atoms with van der Waals surface area (Å²) in [5.74, 6) is 0. The zero-order valence-corrected chi connectivity index (χ0v) is 14.1. The van der Waals surface area contributed by atoms with Crippen LogP contribution in [0.3, 0.4) is 0 Å². The first-order valence-electron chi connectivity index (χ1n) is 8.67. The van der Waals surface area contributed by atoms with Crippen molar-refractivity contribution in [2.24, 2.45) is 5.41 Å². The van der Waals surface area contributed by atoms with Gasteiger partial charge in [0.2, 0.25) is 0 Å². The van der Waals surface area contributed by atoms with Crippen LogP contribution in [0, 0.1) is 5.41 Å². The summed E-state index contributed by atoms with van der Waals surface area (Å²) in [5.41, 5.74) is 3.49. The second-order valence-corrected chi connectivity index (χ2v) is 6.92. The largest absolute Gasteiger partial charge is 0.316 e. The Bertz CT molecular complexity index is 429. The minimum atomic E-state index is 0.393. The highest BCUT2D eigenvalue weighted by Gasteiger charge is 2.27. The van der Waals surface area contributed by atoms with E-state index >= 15 is 0 Å². The van der Waals surface area contributed by atoms with Crippen LogP contribution in [0.15, 0.2) is 24.3 Å². The van der Waals surface area contributed by atoms with Crippen LogP contribution in [0.25, 0.3) is 0 Å². The predicted octanol–water partition coefficient (Wildman–Crippen LogP) is 3.85. The molecule has 1 atom stereocenters. The number of nitrogens with zero attached hydrogens (tertiary/aromatic N) is 1. The van der Waals surface area contributed by atoms with Crippen molar-refractivity contribution in [2.75, 3.05) is 26.2 Å². The molecule has 0 aromatic heterocycles. The minimum Gasteiger partial charge on any atom is -0.316 e. The van der Waals surface area contributed by atoms with Gasteiger partial charge in [-0.3, -0.25) is 4.90 Å². The molecule has 2 heteroatoms. The molecule has 1 aliphatic rings. The van der Waals surface area contributed by atoms with Gasteiger partial charge in [-0.25, -0.2) is 0 Å². The maximum Gasteiger partial charge on any atom is 0.0236 e. The second kappa shape index (κ2) is 7.95. The molecule has 1 aliphatic heterocycles. The molecule has 0 saturated carbocycles. The van der Waals surface area contributed by atoms with E-state index in [9.17, 15) is 0 Å². The third-order valence-electron chi connectivity index (χ3n) is 4.69. The molecule has 1 aromatic rings. The number of nitrogens with one attached hydrogen (secondary N) is 1. The Labute approximate surface area is 130 Å². The van der Waals surface area contributed by atoms with Crippen LogP contribution >= 0.6 is 0 Å². The highest BCUT2D eigenvalue weighted by atomic mass is 15.1. The first kappa shape index (κ1) is 16.5. The monoisotopic (exact) mass is 288 g/mol. The van der Waals surface area contributed by atoms with E-state index in [4.69, 9.17) is 0 Å². The molecule has 2 nitrogen and oxygen atoms in total. The number of fused-ring (bicyclic) bond motifs is 1. The van der Waals surface area contributed by atoms with E-state index in [1.165, 1.54) is 44.3 Å². The topological polar surface area (TPSA) is 15.3 Å². The summed E-state index contributed by atoms with van der Waals surface area (Å²) < 4.78 is 0. The maximum atomic E-state index is 3.57. The van der Waals surface area contributed by atoms with E-state index in [0.717, 1.165) is 19.6 Å². The number of rotatable bonds is 7. The van der Waals surface area contributed by atoms with Gasteiger partial charge in [-0.05, 0) is 48.9 Å². The SMILES string of the molecule is CCCC(C)(CNCC)CN1CCCc2ccccc2C1. The van der Waals surface area contributed by atoms with Gasteiger partial charge in [-0.2, -0.15) is 0 Å². The smallest absolute Gasteiger partial charge is 0.0236 e. The van der Waals surface area contributed by atoms with Gasteiger partial charge in [-0.1, -0.05) is 51.5 Å². The predicted molar refractivity (Wildman–Crippen MR) is 91.6 cm³/mol. The molecule has 0 amide bonds. The molecule has 1 heterocycles. The van der Waals surface area contributed by atoms with Gasteiger partial charge in [-0.15, -0.1) is 0 Å². The molecule has 0 saturated heterocycles. The van der Waals surface area contributed by atoms with Gasteiger partial charge >= 0.3 is 0 Å². The van der Waals surface area contributed by atoms with Gasteiger partial charge in [0.1, 0.15) is 0 Å². The molecule has 2 rings (SSSR count). The van der Waals surface area contributed by atoms with Crippen LogP contribution in [0.1, 0.15) is 51.2 Å². The van der Waals surface area contributed by atoms with E-state index in [-0.39, 0.29) is 0 Å². The van der Waals surface area contributed by atoms with Gasteiger partial charge in [0.15, 0.2) is 0 Å². The zero-order valence-electron chi connectivity index (χ0n) is 14.1. The van der Waals surface area contributed by atoms with Gasteiger partial charge < -0.3 is 5.32 Å². The first-order valence-corrected chi connectivity index (χ1v) is 8.67. The fourth-order valence-corrected chi connectivity index (χ4v) is 3.70. The van der Waals surface area contributed by atoms with Crippen molar-refractivity contribution in [3.63, 3.8) is 0 Å². The van der Waals surface area contributed by atoms with Gasteiger partial charge in [0.05, 0.1) is 0 Å². The van der Waals surface area contributed by atoms with Crippen molar-refractivity contribution in [2.45, 2.75) is 53.0 Å². The van der Waals surface area contributed by atoms with Crippen LogP contribution in [0.5, 0.6) is 0 Å².